The van der Waals surface area contributed by atoms with Crippen molar-refractivity contribution in [3.8, 4) is 0 Å². The molecule has 1 aliphatic heterocycles. The van der Waals surface area contributed by atoms with Crippen molar-refractivity contribution in [2.75, 3.05) is 19.6 Å². The summed E-state index contributed by atoms with van der Waals surface area (Å²) in [7, 11) is 0. The Balaban J connectivity index is 2.02. The standard InChI is InChI=1S/C12H14F2N/c13-12(14)9-15-7-5-10-3-1-2-4-11(10)6-8-15/h1,3-4,12H,5-9H2. The lowest BCUT2D eigenvalue weighted by molar-refractivity contribution is 0.0904. The predicted molar refractivity (Wildman–Crippen MR) is 55.1 cm³/mol. The van der Waals surface area contributed by atoms with Gasteiger partial charge in [-0.05, 0) is 30.0 Å². The SMILES string of the molecule is FC(F)CN1CCc2c[c]ccc2CC1. The molecule has 1 aliphatic rings. The molecule has 1 radical (unpaired) electrons. The summed E-state index contributed by atoms with van der Waals surface area (Å²) in [6.45, 7) is 1.37. The third-order valence-electron chi connectivity index (χ3n) is 2.84. The minimum Gasteiger partial charge on any atom is -0.297 e. The molecule has 0 bridgehead atoms. The van der Waals surface area contributed by atoms with Crippen LogP contribution in [0.3, 0.4) is 0 Å². The van der Waals surface area contributed by atoms with Crippen LogP contribution in [0.15, 0.2) is 18.2 Å². The number of hydrogen-bond donors (Lipinski definition) is 0. The second-order valence-corrected chi connectivity index (χ2v) is 3.89. The number of halogens is 2. The van der Waals surface area contributed by atoms with E-state index < -0.39 is 6.43 Å². The molecule has 0 N–H and O–H groups in total. The fraction of sp³-hybridized carbons (Fsp3) is 0.500. The number of rotatable bonds is 2. The average molecular weight is 210 g/mol. The Morgan fingerprint density at radius 1 is 1.27 bits per heavy atom. The van der Waals surface area contributed by atoms with Crippen molar-refractivity contribution < 1.29 is 8.78 Å². The fourth-order valence-electron chi connectivity index (χ4n) is 2.02. The van der Waals surface area contributed by atoms with Gasteiger partial charge in [-0.3, -0.25) is 4.90 Å². The molecule has 0 fully saturated rings. The van der Waals surface area contributed by atoms with Crippen LogP contribution in [0.5, 0.6) is 0 Å². The van der Waals surface area contributed by atoms with Crippen molar-refractivity contribution in [1.82, 2.24) is 4.90 Å². The van der Waals surface area contributed by atoms with E-state index in [-0.39, 0.29) is 6.54 Å². The lowest BCUT2D eigenvalue weighted by Crippen LogP contribution is -2.31. The largest absolute Gasteiger partial charge is 0.297 e. The van der Waals surface area contributed by atoms with Gasteiger partial charge in [0.1, 0.15) is 0 Å². The second-order valence-electron chi connectivity index (χ2n) is 3.89. The zero-order valence-corrected chi connectivity index (χ0v) is 8.55. The van der Waals surface area contributed by atoms with E-state index in [1.165, 1.54) is 11.1 Å². The van der Waals surface area contributed by atoms with Crippen LogP contribution in [0.1, 0.15) is 11.1 Å². The second kappa shape index (κ2) is 4.71. The van der Waals surface area contributed by atoms with Gasteiger partial charge < -0.3 is 0 Å². The first-order chi connectivity index (χ1) is 7.25. The quantitative estimate of drug-likeness (QED) is 0.723. The molecular weight excluding hydrogens is 196 g/mol. The molecule has 1 aromatic rings. The summed E-state index contributed by atoms with van der Waals surface area (Å²) in [5.41, 5.74) is 2.54. The minimum absolute atomic E-state index is 0.0995. The molecule has 0 aromatic heterocycles. The van der Waals surface area contributed by atoms with Crippen LogP contribution >= 0.6 is 0 Å². The monoisotopic (exact) mass is 210 g/mol. The van der Waals surface area contributed by atoms with Crippen LogP contribution in [0.25, 0.3) is 0 Å². The summed E-state index contributed by atoms with van der Waals surface area (Å²) < 4.78 is 24.5. The molecule has 0 saturated heterocycles. The summed E-state index contributed by atoms with van der Waals surface area (Å²) in [5, 5.41) is 0. The fourth-order valence-corrected chi connectivity index (χ4v) is 2.02. The third kappa shape index (κ3) is 2.75. The van der Waals surface area contributed by atoms with Crippen LogP contribution in [0, 0.1) is 6.07 Å². The van der Waals surface area contributed by atoms with Crippen molar-refractivity contribution >= 4 is 0 Å². The normalized spacial score (nSPS) is 17.5. The third-order valence-corrected chi connectivity index (χ3v) is 2.84. The van der Waals surface area contributed by atoms with E-state index in [1.807, 2.05) is 23.1 Å². The molecular formula is C12H14F2N. The summed E-state index contributed by atoms with van der Waals surface area (Å²) in [6.07, 6.45) is -0.492. The molecule has 1 aromatic carbocycles. The highest BCUT2D eigenvalue weighted by Crippen LogP contribution is 2.15. The zero-order chi connectivity index (χ0) is 10.7. The Labute approximate surface area is 88.7 Å². The average Bonchev–Trinajstić information content (AvgIpc) is 2.41. The molecule has 81 valence electrons. The van der Waals surface area contributed by atoms with Gasteiger partial charge in [0.25, 0.3) is 6.43 Å². The van der Waals surface area contributed by atoms with Gasteiger partial charge in [0.15, 0.2) is 0 Å². The van der Waals surface area contributed by atoms with Gasteiger partial charge in [0, 0.05) is 13.1 Å². The molecule has 0 amide bonds. The van der Waals surface area contributed by atoms with E-state index in [4.69, 9.17) is 0 Å². The maximum absolute atomic E-state index is 12.2. The van der Waals surface area contributed by atoms with Crippen molar-refractivity contribution in [2.45, 2.75) is 19.3 Å². The van der Waals surface area contributed by atoms with Crippen molar-refractivity contribution in [3.63, 3.8) is 0 Å². The first kappa shape index (κ1) is 10.6. The Kier molecular flexibility index (Phi) is 3.31. The Bertz CT molecular complexity index is 298. The number of hydrogen-bond acceptors (Lipinski definition) is 1. The topological polar surface area (TPSA) is 3.24 Å². The summed E-state index contributed by atoms with van der Waals surface area (Å²) in [5.74, 6) is 0. The highest BCUT2D eigenvalue weighted by molar-refractivity contribution is 5.28. The van der Waals surface area contributed by atoms with E-state index in [9.17, 15) is 8.78 Å². The molecule has 0 atom stereocenters. The van der Waals surface area contributed by atoms with Gasteiger partial charge in [0.2, 0.25) is 0 Å². The van der Waals surface area contributed by atoms with E-state index in [0.717, 1.165) is 25.9 Å². The molecule has 0 unspecified atom stereocenters. The van der Waals surface area contributed by atoms with Crippen LogP contribution in [0.2, 0.25) is 0 Å². The number of alkyl halides is 2. The van der Waals surface area contributed by atoms with Crippen LogP contribution in [-0.2, 0) is 12.8 Å². The lowest BCUT2D eigenvalue weighted by Gasteiger charge is -2.18. The maximum atomic E-state index is 12.2. The predicted octanol–water partition coefficient (Wildman–Crippen LogP) is 2.15. The number of benzene rings is 1. The van der Waals surface area contributed by atoms with Crippen LogP contribution < -0.4 is 0 Å². The summed E-state index contributed by atoms with van der Waals surface area (Å²) >= 11 is 0. The van der Waals surface area contributed by atoms with Gasteiger partial charge in [-0.2, -0.15) is 0 Å². The van der Waals surface area contributed by atoms with Crippen LogP contribution in [0.4, 0.5) is 8.78 Å². The van der Waals surface area contributed by atoms with Crippen molar-refractivity contribution in [3.05, 3.63) is 35.4 Å². The molecule has 1 nitrogen and oxygen atoms in total. The Hall–Kier alpha value is -0.960. The number of nitrogens with zero attached hydrogens (tertiary/aromatic N) is 1. The molecule has 1 heterocycles. The molecule has 2 rings (SSSR count). The van der Waals surface area contributed by atoms with E-state index in [0.29, 0.717) is 0 Å². The van der Waals surface area contributed by atoms with E-state index >= 15 is 0 Å². The molecule has 0 spiro atoms. The van der Waals surface area contributed by atoms with Gasteiger partial charge in [-0.15, -0.1) is 0 Å². The summed E-state index contributed by atoms with van der Waals surface area (Å²) in [4.78, 5) is 1.84. The highest BCUT2D eigenvalue weighted by atomic mass is 19.3. The van der Waals surface area contributed by atoms with Gasteiger partial charge in [0.05, 0.1) is 6.54 Å². The van der Waals surface area contributed by atoms with Crippen molar-refractivity contribution in [2.24, 2.45) is 0 Å². The molecule has 0 saturated carbocycles. The van der Waals surface area contributed by atoms with E-state index in [2.05, 4.69) is 6.07 Å². The van der Waals surface area contributed by atoms with E-state index in [1.54, 1.807) is 0 Å². The van der Waals surface area contributed by atoms with Crippen LogP contribution in [-0.4, -0.2) is 31.0 Å². The zero-order valence-electron chi connectivity index (χ0n) is 8.55. The lowest BCUT2D eigenvalue weighted by atomic mass is 10.0. The summed E-state index contributed by atoms with van der Waals surface area (Å²) in [6, 6.07) is 8.94. The first-order valence-corrected chi connectivity index (χ1v) is 5.24. The van der Waals surface area contributed by atoms with Gasteiger partial charge >= 0.3 is 0 Å². The Morgan fingerprint density at radius 3 is 2.73 bits per heavy atom. The van der Waals surface area contributed by atoms with Crippen molar-refractivity contribution in [1.29, 1.82) is 0 Å². The number of fused-ring (bicyclic) bond motifs is 1. The molecule has 0 aliphatic carbocycles. The highest BCUT2D eigenvalue weighted by Gasteiger charge is 2.16. The molecule has 15 heavy (non-hydrogen) atoms. The Morgan fingerprint density at radius 2 is 2.00 bits per heavy atom. The van der Waals surface area contributed by atoms with Gasteiger partial charge in [-0.25, -0.2) is 8.78 Å². The first-order valence-electron chi connectivity index (χ1n) is 5.24. The minimum atomic E-state index is -2.22. The molecule has 3 heteroatoms. The smallest absolute Gasteiger partial charge is 0.251 e. The maximum Gasteiger partial charge on any atom is 0.251 e. The van der Waals surface area contributed by atoms with Gasteiger partial charge in [-0.1, -0.05) is 18.2 Å².